The van der Waals surface area contributed by atoms with Gasteiger partial charge < -0.3 is 0 Å². The third-order valence-corrected chi connectivity index (χ3v) is 4.20. The molecule has 1 N–H and O–H groups in total. The van der Waals surface area contributed by atoms with Gasteiger partial charge in [0.05, 0.1) is 24.1 Å². The van der Waals surface area contributed by atoms with Crippen molar-refractivity contribution in [2.45, 2.75) is 18.4 Å². The second kappa shape index (κ2) is 4.54. The van der Waals surface area contributed by atoms with E-state index in [0.29, 0.717) is 11.4 Å². The Kier molecular flexibility index (Phi) is 3.22. The van der Waals surface area contributed by atoms with Gasteiger partial charge in [-0.25, -0.2) is 13.1 Å². The molecule has 2 heterocycles. The maximum Gasteiger partial charge on any atom is 0.244 e. The minimum atomic E-state index is -3.54. The summed E-state index contributed by atoms with van der Waals surface area (Å²) in [6.45, 7) is 1.87. The quantitative estimate of drug-likeness (QED) is 0.843. The van der Waals surface area contributed by atoms with Gasteiger partial charge in [-0.2, -0.15) is 10.2 Å². The largest absolute Gasteiger partial charge is 0.276 e. The normalized spacial score (nSPS) is 11.9. The molecule has 0 aliphatic heterocycles. The van der Waals surface area contributed by atoms with Gasteiger partial charge in [-0.05, 0) is 13.0 Å². The highest BCUT2D eigenvalue weighted by Gasteiger charge is 2.19. The minimum Gasteiger partial charge on any atom is -0.276 e. The molecule has 0 atom stereocenters. The summed E-state index contributed by atoms with van der Waals surface area (Å²) >= 11 is 0. The van der Waals surface area contributed by atoms with Crippen molar-refractivity contribution in [2.75, 3.05) is 0 Å². The first-order valence-corrected chi connectivity index (χ1v) is 6.85. The zero-order valence-electron chi connectivity index (χ0n) is 10.5. The van der Waals surface area contributed by atoms with E-state index in [1.165, 1.54) is 10.9 Å². The second-order valence-corrected chi connectivity index (χ2v) is 5.76. The first kappa shape index (κ1) is 12.8. The van der Waals surface area contributed by atoms with Crippen LogP contribution in [0.5, 0.6) is 0 Å². The lowest BCUT2D eigenvalue weighted by molar-refractivity contribution is 0.578. The van der Waals surface area contributed by atoms with Crippen LogP contribution < -0.4 is 4.72 Å². The van der Waals surface area contributed by atoms with Crippen LogP contribution >= 0.6 is 0 Å². The Balaban J connectivity index is 2.15. The zero-order chi connectivity index (χ0) is 13.3. The van der Waals surface area contributed by atoms with E-state index in [4.69, 9.17) is 0 Å². The Hall–Kier alpha value is -1.67. The number of aromatic nitrogens is 4. The predicted octanol–water partition coefficient (Wildman–Crippen LogP) is -0.0595. The van der Waals surface area contributed by atoms with E-state index >= 15 is 0 Å². The first-order valence-electron chi connectivity index (χ1n) is 5.37. The number of aryl methyl sites for hydroxylation is 2. The predicted molar refractivity (Wildman–Crippen MR) is 65.2 cm³/mol. The Morgan fingerprint density at radius 1 is 1.39 bits per heavy atom. The lowest BCUT2D eigenvalue weighted by Gasteiger charge is -2.04. The summed E-state index contributed by atoms with van der Waals surface area (Å²) in [5.74, 6) is 0. The molecule has 0 unspecified atom stereocenters. The van der Waals surface area contributed by atoms with E-state index in [2.05, 4.69) is 14.9 Å². The first-order chi connectivity index (χ1) is 8.40. The number of nitrogens with one attached hydrogen (secondary N) is 1. The molecule has 98 valence electrons. The fraction of sp³-hybridized carbons (Fsp3) is 0.400. The number of hydrogen-bond acceptors (Lipinski definition) is 4. The van der Waals surface area contributed by atoms with Crippen LogP contribution in [0.1, 0.15) is 11.4 Å². The molecule has 0 saturated heterocycles. The molecule has 8 heteroatoms. The summed E-state index contributed by atoms with van der Waals surface area (Å²) < 4.78 is 29.7. The van der Waals surface area contributed by atoms with Crippen molar-refractivity contribution in [3.63, 3.8) is 0 Å². The van der Waals surface area contributed by atoms with Crippen LogP contribution in [-0.4, -0.2) is 28.0 Å². The number of rotatable bonds is 4. The number of hydrogen-bond donors (Lipinski definition) is 1. The van der Waals surface area contributed by atoms with Gasteiger partial charge in [-0.15, -0.1) is 0 Å². The fourth-order valence-corrected chi connectivity index (χ4v) is 2.75. The highest BCUT2D eigenvalue weighted by molar-refractivity contribution is 7.89. The molecule has 2 rings (SSSR count). The van der Waals surface area contributed by atoms with E-state index < -0.39 is 10.0 Å². The van der Waals surface area contributed by atoms with Gasteiger partial charge >= 0.3 is 0 Å². The van der Waals surface area contributed by atoms with Crippen molar-refractivity contribution in [3.8, 4) is 0 Å². The molecule has 2 aromatic rings. The molecule has 0 spiro atoms. The molecule has 0 saturated carbocycles. The topological polar surface area (TPSA) is 81.8 Å². The van der Waals surface area contributed by atoms with Crippen molar-refractivity contribution >= 4 is 10.0 Å². The molecule has 2 aromatic heterocycles. The van der Waals surface area contributed by atoms with Crippen LogP contribution in [0.15, 0.2) is 23.4 Å². The molecule has 0 fully saturated rings. The molecule has 7 nitrogen and oxygen atoms in total. The highest BCUT2D eigenvalue weighted by atomic mass is 32.2. The van der Waals surface area contributed by atoms with Gasteiger partial charge in [0.25, 0.3) is 0 Å². The maximum absolute atomic E-state index is 12.0. The maximum atomic E-state index is 12.0. The smallest absolute Gasteiger partial charge is 0.244 e. The average Bonchev–Trinajstić information content (AvgIpc) is 2.85. The van der Waals surface area contributed by atoms with E-state index in [0.717, 1.165) is 0 Å². The Bertz CT molecular complexity index is 656. The summed E-state index contributed by atoms with van der Waals surface area (Å²) in [6, 6.07) is 1.76. The third-order valence-electron chi connectivity index (χ3n) is 2.69. The molecular weight excluding hydrogens is 254 g/mol. The van der Waals surface area contributed by atoms with Crippen molar-refractivity contribution in [3.05, 3.63) is 29.8 Å². The fourth-order valence-electron chi connectivity index (χ4n) is 1.55. The van der Waals surface area contributed by atoms with Crippen molar-refractivity contribution < 1.29 is 8.42 Å². The van der Waals surface area contributed by atoms with Gasteiger partial charge in [0.1, 0.15) is 4.90 Å². The summed E-state index contributed by atoms with van der Waals surface area (Å²) in [7, 11) is -0.0591. The monoisotopic (exact) mass is 269 g/mol. The lowest BCUT2D eigenvalue weighted by Crippen LogP contribution is -2.24. The molecule has 0 radical (unpaired) electrons. The Labute approximate surface area is 105 Å². The van der Waals surface area contributed by atoms with E-state index in [1.807, 2.05) is 0 Å². The second-order valence-electron chi connectivity index (χ2n) is 4.02. The summed E-state index contributed by atoms with van der Waals surface area (Å²) in [4.78, 5) is 0.195. The lowest BCUT2D eigenvalue weighted by atomic mass is 10.4. The molecule has 0 bridgehead atoms. The van der Waals surface area contributed by atoms with E-state index in [9.17, 15) is 8.42 Å². The van der Waals surface area contributed by atoms with Gasteiger partial charge in [0, 0.05) is 20.3 Å². The molecular formula is C10H15N5O2S. The zero-order valence-corrected chi connectivity index (χ0v) is 11.3. The van der Waals surface area contributed by atoms with Crippen LogP contribution in [0.2, 0.25) is 0 Å². The van der Waals surface area contributed by atoms with Gasteiger partial charge in [-0.3, -0.25) is 9.36 Å². The Morgan fingerprint density at radius 3 is 2.61 bits per heavy atom. The van der Waals surface area contributed by atoms with Gasteiger partial charge in [0.15, 0.2) is 0 Å². The Morgan fingerprint density at radius 2 is 2.11 bits per heavy atom. The van der Waals surface area contributed by atoms with Crippen LogP contribution in [0.4, 0.5) is 0 Å². The van der Waals surface area contributed by atoms with Crippen LogP contribution in [-0.2, 0) is 30.7 Å². The molecule has 18 heavy (non-hydrogen) atoms. The highest BCUT2D eigenvalue weighted by Crippen LogP contribution is 2.13. The third kappa shape index (κ3) is 2.44. The average molecular weight is 269 g/mol. The number of nitrogens with zero attached hydrogens (tertiary/aromatic N) is 4. The SMILES string of the molecule is Cc1c(S(=O)(=O)NCc2ccn(C)n2)cnn1C. The summed E-state index contributed by atoms with van der Waals surface area (Å²) in [6.07, 6.45) is 3.11. The molecule has 0 aromatic carbocycles. The van der Waals surface area contributed by atoms with E-state index in [-0.39, 0.29) is 11.4 Å². The van der Waals surface area contributed by atoms with E-state index in [1.54, 1.807) is 38.0 Å². The van der Waals surface area contributed by atoms with Crippen molar-refractivity contribution in [1.82, 2.24) is 24.3 Å². The standard InChI is InChI=1S/C10H15N5O2S/c1-8-10(7-11-15(8)3)18(16,17)12-6-9-4-5-14(2)13-9/h4-5,7,12H,6H2,1-3H3. The van der Waals surface area contributed by atoms with Crippen molar-refractivity contribution in [2.24, 2.45) is 14.1 Å². The minimum absolute atomic E-state index is 0.164. The van der Waals surface area contributed by atoms with Crippen LogP contribution in [0, 0.1) is 6.92 Å². The molecule has 0 aliphatic carbocycles. The van der Waals surface area contributed by atoms with Gasteiger partial charge in [0.2, 0.25) is 10.0 Å². The van der Waals surface area contributed by atoms with Crippen LogP contribution in [0.3, 0.4) is 0 Å². The molecule has 0 amide bonds. The van der Waals surface area contributed by atoms with Crippen LogP contribution in [0.25, 0.3) is 0 Å². The number of sulfonamides is 1. The van der Waals surface area contributed by atoms with Crippen molar-refractivity contribution in [1.29, 1.82) is 0 Å². The summed E-state index contributed by atoms with van der Waals surface area (Å²) in [5, 5.41) is 8.02. The van der Waals surface area contributed by atoms with Gasteiger partial charge in [-0.1, -0.05) is 0 Å². The molecule has 0 aliphatic rings. The summed E-state index contributed by atoms with van der Waals surface area (Å²) in [5.41, 5.74) is 1.27.